The van der Waals surface area contributed by atoms with Crippen LogP contribution in [-0.4, -0.2) is 36.1 Å². The first-order valence-electron chi connectivity index (χ1n) is 7.02. The minimum absolute atomic E-state index is 0.702. The molecule has 0 aliphatic heterocycles. The van der Waals surface area contributed by atoms with Gasteiger partial charge in [0.15, 0.2) is 0 Å². The lowest BCUT2D eigenvalue weighted by molar-refractivity contribution is -0.115. The number of nitrogens with zero attached hydrogens (tertiary/aromatic N) is 3. The number of rotatable bonds is 6. The van der Waals surface area contributed by atoms with Gasteiger partial charge in [0.2, 0.25) is 6.41 Å². The zero-order chi connectivity index (χ0) is 16.5. The van der Waals surface area contributed by atoms with E-state index in [4.69, 9.17) is 0 Å². The fourth-order valence-electron chi connectivity index (χ4n) is 1.93. The molecule has 0 radical (unpaired) electrons. The first-order chi connectivity index (χ1) is 10.5. The number of amides is 1. The van der Waals surface area contributed by atoms with Crippen LogP contribution < -0.4 is 0 Å². The molecule has 0 aromatic rings. The molecule has 0 unspecified atom stereocenters. The molecule has 1 aliphatic rings. The Bertz CT molecular complexity index is 591. The molecule has 4 nitrogen and oxygen atoms in total. The maximum absolute atomic E-state index is 11.1. The Hall–Kier alpha value is -2.62. The van der Waals surface area contributed by atoms with Crippen molar-refractivity contribution in [3.63, 3.8) is 0 Å². The smallest absolute Gasteiger partial charge is 0.213 e. The van der Waals surface area contributed by atoms with Gasteiger partial charge in [-0.15, -0.1) is 0 Å². The molecule has 0 fully saturated rings. The normalized spacial score (nSPS) is 15.4. The van der Waals surface area contributed by atoms with Gasteiger partial charge < -0.3 is 9.80 Å². The highest BCUT2D eigenvalue weighted by molar-refractivity contribution is 5.94. The second-order valence-corrected chi connectivity index (χ2v) is 4.87. The van der Waals surface area contributed by atoms with Crippen molar-refractivity contribution in [2.24, 2.45) is 4.99 Å². The fraction of sp³-hybridized carbons (Fsp3) is 0.222. The van der Waals surface area contributed by atoms with E-state index in [9.17, 15) is 4.79 Å². The molecule has 22 heavy (non-hydrogen) atoms. The van der Waals surface area contributed by atoms with Crippen molar-refractivity contribution in [3.05, 3.63) is 72.8 Å². The molecule has 0 saturated carbocycles. The summed E-state index contributed by atoms with van der Waals surface area (Å²) in [6, 6.07) is 0. The van der Waals surface area contributed by atoms with E-state index in [1.54, 1.807) is 30.3 Å². The molecule has 0 aromatic heterocycles. The Balaban J connectivity index is 3.27. The average molecular weight is 297 g/mol. The van der Waals surface area contributed by atoms with Crippen LogP contribution in [0.3, 0.4) is 0 Å². The van der Waals surface area contributed by atoms with E-state index in [2.05, 4.69) is 18.2 Å². The van der Waals surface area contributed by atoms with E-state index in [-0.39, 0.29) is 0 Å². The highest BCUT2D eigenvalue weighted by Crippen LogP contribution is 2.20. The summed E-state index contributed by atoms with van der Waals surface area (Å²) in [5.41, 5.74) is 2.77. The Morgan fingerprint density at radius 2 is 2.00 bits per heavy atom. The number of aliphatic imine (C=N–C) groups is 1. The molecule has 0 bridgehead atoms. The maximum atomic E-state index is 11.1. The molecule has 4 heteroatoms. The van der Waals surface area contributed by atoms with Crippen LogP contribution in [0.5, 0.6) is 0 Å². The van der Waals surface area contributed by atoms with Gasteiger partial charge in [0, 0.05) is 32.4 Å². The molecule has 1 amide bonds. The van der Waals surface area contributed by atoms with Gasteiger partial charge in [0.05, 0.1) is 5.70 Å². The molecule has 0 saturated heterocycles. The topological polar surface area (TPSA) is 35.9 Å². The summed E-state index contributed by atoms with van der Waals surface area (Å²) in [6.45, 7) is 9.46. The lowest BCUT2D eigenvalue weighted by Gasteiger charge is -2.26. The van der Waals surface area contributed by atoms with Crippen molar-refractivity contribution in [1.82, 2.24) is 9.80 Å². The minimum Gasteiger partial charge on any atom is -0.331 e. The average Bonchev–Trinajstić information content (AvgIpc) is 2.79. The number of carbonyl (C=O) groups excluding carboxylic acids is 1. The van der Waals surface area contributed by atoms with Crippen molar-refractivity contribution in [2.75, 3.05) is 14.1 Å². The third-order valence-corrected chi connectivity index (χ3v) is 3.30. The van der Waals surface area contributed by atoms with Gasteiger partial charge in [0.1, 0.15) is 5.84 Å². The van der Waals surface area contributed by atoms with E-state index in [0.717, 1.165) is 23.4 Å². The second-order valence-electron chi connectivity index (χ2n) is 4.87. The zero-order valence-electron chi connectivity index (χ0n) is 13.5. The predicted octanol–water partition coefficient (Wildman–Crippen LogP) is 3.41. The van der Waals surface area contributed by atoms with E-state index in [0.29, 0.717) is 12.3 Å². The summed E-state index contributed by atoms with van der Waals surface area (Å²) in [4.78, 5) is 19.1. The number of likely N-dealkylation sites (N-methyl/N-ethyl adjacent to an activating group) is 2. The van der Waals surface area contributed by atoms with E-state index < -0.39 is 0 Å². The highest BCUT2D eigenvalue weighted by atomic mass is 16.1. The van der Waals surface area contributed by atoms with Gasteiger partial charge in [-0.2, -0.15) is 0 Å². The highest BCUT2D eigenvalue weighted by Gasteiger charge is 2.15. The summed E-state index contributed by atoms with van der Waals surface area (Å²) < 4.78 is 0. The van der Waals surface area contributed by atoms with Crippen LogP contribution in [0.1, 0.15) is 13.3 Å². The predicted molar refractivity (Wildman–Crippen MR) is 93.1 cm³/mol. The molecule has 0 aromatic carbocycles. The summed E-state index contributed by atoms with van der Waals surface area (Å²) >= 11 is 0. The van der Waals surface area contributed by atoms with Gasteiger partial charge in [-0.1, -0.05) is 37.5 Å². The number of allylic oxidation sites excluding steroid dienone is 6. The lowest BCUT2D eigenvalue weighted by atomic mass is 10.2. The summed E-state index contributed by atoms with van der Waals surface area (Å²) in [5.74, 6) is 0.705. The number of hydrogen-bond acceptors (Lipinski definition) is 2. The first-order valence-corrected chi connectivity index (χ1v) is 7.02. The molecule has 0 atom stereocenters. The van der Waals surface area contributed by atoms with Crippen LogP contribution in [-0.2, 0) is 4.79 Å². The molecule has 0 N–H and O–H groups in total. The molecule has 116 valence electrons. The van der Waals surface area contributed by atoms with Crippen LogP contribution in [0.2, 0.25) is 0 Å². The molecule has 1 aliphatic carbocycles. The van der Waals surface area contributed by atoms with Crippen LogP contribution in [0.4, 0.5) is 0 Å². The SMILES string of the molecule is C=C/C(C)=C/N=C(\C=C)N(C)C1=C(N(C)C=O)C=CC=CC1. The fourth-order valence-corrected chi connectivity index (χ4v) is 1.93. The van der Waals surface area contributed by atoms with Crippen LogP contribution in [0.15, 0.2) is 77.8 Å². The third kappa shape index (κ3) is 4.45. The molecule has 0 heterocycles. The van der Waals surface area contributed by atoms with Gasteiger partial charge in [0.25, 0.3) is 0 Å². The third-order valence-electron chi connectivity index (χ3n) is 3.30. The van der Waals surface area contributed by atoms with Gasteiger partial charge in [-0.3, -0.25) is 4.79 Å². The number of carbonyl (C=O) groups is 1. The van der Waals surface area contributed by atoms with Crippen LogP contribution in [0.25, 0.3) is 0 Å². The Morgan fingerprint density at radius 3 is 2.59 bits per heavy atom. The van der Waals surface area contributed by atoms with Crippen LogP contribution >= 0.6 is 0 Å². The lowest BCUT2D eigenvalue weighted by Crippen LogP contribution is -2.28. The summed E-state index contributed by atoms with van der Waals surface area (Å²) in [6.07, 6.45) is 14.5. The molecular weight excluding hydrogens is 274 g/mol. The minimum atomic E-state index is 0.702. The van der Waals surface area contributed by atoms with Crippen molar-refractivity contribution in [2.45, 2.75) is 13.3 Å². The van der Waals surface area contributed by atoms with E-state index >= 15 is 0 Å². The van der Waals surface area contributed by atoms with Crippen LogP contribution in [0, 0.1) is 0 Å². The van der Waals surface area contributed by atoms with Crippen molar-refractivity contribution in [1.29, 1.82) is 0 Å². The maximum Gasteiger partial charge on any atom is 0.213 e. The second kappa shape index (κ2) is 8.62. The van der Waals surface area contributed by atoms with Gasteiger partial charge >= 0.3 is 0 Å². The molecule has 1 rings (SSSR count). The van der Waals surface area contributed by atoms with E-state index in [1.807, 2.05) is 43.2 Å². The summed E-state index contributed by atoms with van der Waals surface area (Å²) in [5, 5.41) is 0. The Morgan fingerprint density at radius 1 is 1.27 bits per heavy atom. The quantitative estimate of drug-likeness (QED) is 0.326. The number of hydrogen-bond donors (Lipinski definition) is 0. The first kappa shape index (κ1) is 17.4. The summed E-state index contributed by atoms with van der Waals surface area (Å²) in [7, 11) is 3.65. The molecule has 0 spiro atoms. The monoisotopic (exact) mass is 297 g/mol. The van der Waals surface area contributed by atoms with Crippen molar-refractivity contribution >= 4 is 12.2 Å². The Kier molecular flexibility index (Phi) is 6.83. The number of amidine groups is 1. The molecular formula is C18H23N3O. The van der Waals surface area contributed by atoms with E-state index in [1.165, 1.54) is 0 Å². The largest absolute Gasteiger partial charge is 0.331 e. The van der Waals surface area contributed by atoms with Crippen molar-refractivity contribution in [3.8, 4) is 0 Å². The standard InChI is InChI=1S/C18H23N3O/c1-6-15(3)13-19-18(7-2)21(5)17-12-10-8-9-11-16(17)20(4)14-22/h6-11,13-14H,1-2,12H2,3-5H3/b15-13+,19-18+. The van der Waals surface area contributed by atoms with Crippen molar-refractivity contribution < 1.29 is 4.79 Å². The van der Waals surface area contributed by atoms with Gasteiger partial charge in [-0.25, -0.2) is 4.99 Å². The van der Waals surface area contributed by atoms with Gasteiger partial charge in [-0.05, 0) is 24.6 Å². The Labute approximate surface area is 132 Å². The zero-order valence-corrected chi connectivity index (χ0v) is 13.5.